The summed E-state index contributed by atoms with van der Waals surface area (Å²) >= 11 is 0. The molecule has 2 rings (SSSR count). The normalized spacial score (nSPS) is 17.0. The van der Waals surface area contributed by atoms with Gasteiger partial charge in [0.15, 0.2) is 0 Å². The smallest absolute Gasteiger partial charge is 0.246 e. The Balaban J connectivity index is 2.19. The van der Waals surface area contributed by atoms with E-state index in [4.69, 9.17) is 5.73 Å². The van der Waals surface area contributed by atoms with Crippen LogP contribution in [0.5, 0.6) is 0 Å². The van der Waals surface area contributed by atoms with Gasteiger partial charge in [-0.15, -0.1) is 0 Å². The van der Waals surface area contributed by atoms with Crippen LogP contribution in [0.2, 0.25) is 0 Å². The molecule has 8 heteroatoms. The number of sulfonamides is 1. The molecule has 21 heavy (non-hydrogen) atoms. The number of nitrogens with two attached hydrogens (primary N) is 1. The van der Waals surface area contributed by atoms with Crippen LogP contribution < -0.4 is 10.5 Å². The Kier molecular flexibility index (Phi) is 4.48. The van der Waals surface area contributed by atoms with E-state index < -0.39 is 26.8 Å². The van der Waals surface area contributed by atoms with E-state index in [-0.39, 0.29) is 11.6 Å². The molecule has 1 heterocycles. The maximum atomic E-state index is 13.7. The lowest BCUT2D eigenvalue weighted by molar-refractivity contribution is -0.131. The summed E-state index contributed by atoms with van der Waals surface area (Å²) in [6, 6.07) is 2.66. The second kappa shape index (κ2) is 5.98. The van der Waals surface area contributed by atoms with Crippen LogP contribution in [0.3, 0.4) is 0 Å². The van der Waals surface area contributed by atoms with Crippen LogP contribution in [0.4, 0.5) is 10.1 Å². The minimum Gasteiger partial charge on any atom is -0.398 e. The number of nitrogens with zero attached hydrogens (tertiary/aromatic N) is 1. The topological polar surface area (TPSA) is 92.5 Å². The van der Waals surface area contributed by atoms with Gasteiger partial charge in [0, 0.05) is 13.1 Å². The first-order chi connectivity index (χ1) is 9.83. The summed E-state index contributed by atoms with van der Waals surface area (Å²) in [5, 5.41) is 0. The molecule has 1 saturated heterocycles. The number of hydrogen-bond acceptors (Lipinski definition) is 4. The van der Waals surface area contributed by atoms with Crippen molar-refractivity contribution in [3.05, 3.63) is 24.0 Å². The SMILES string of the molecule is CC(NS(=O)(=O)c1c(N)cccc1F)C(=O)N1CCCC1. The highest BCUT2D eigenvalue weighted by Crippen LogP contribution is 2.22. The lowest BCUT2D eigenvalue weighted by Crippen LogP contribution is -2.46. The number of benzene rings is 1. The third kappa shape index (κ3) is 3.33. The Morgan fingerprint density at radius 2 is 2.00 bits per heavy atom. The van der Waals surface area contributed by atoms with Crippen molar-refractivity contribution in [1.82, 2.24) is 9.62 Å². The summed E-state index contributed by atoms with van der Waals surface area (Å²) < 4.78 is 40.3. The Morgan fingerprint density at radius 1 is 1.38 bits per heavy atom. The second-order valence-corrected chi connectivity index (χ2v) is 6.68. The first-order valence-corrected chi connectivity index (χ1v) is 8.16. The molecule has 6 nitrogen and oxygen atoms in total. The van der Waals surface area contributed by atoms with Crippen LogP contribution in [0.1, 0.15) is 19.8 Å². The van der Waals surface area contributed by atoms with E-state index in [0.717, 1.165) is 18.9 Å². The fraction of sp³-hybridized carbons (Fsp3) is 0.462. The van der Waals surface area contributed by atoms with Crippen molar-refractivity contribution in [2.24, 2.45) is 0 Å². The van der Waals surface area contributed by atoms with Crippen LogP contribution in [0.25, 0.3) is 0 Å². The molecule has 0 radical (unpaired) electrons. The van der Waals surface area contributed by atoms with Gasteiger partial charge in [0.25, 0.3) is 0 Å². The van der Waals surface area contributed by atoms with Gasteiger partial charge in [0.1, 0.15) is 10.7 Å². The number of rotatable bonds is 4. The van der Waals surface area contributed by atoms with Crippen molar-refractivity contribution in [2.45, 2.75) is 30.7 Å². The van der Waals surface area contributed by atoms with E-state index in [9.17, 15) is 17.6 Å². The molecule has 0 bridgehead atoms. The second-order valence-electron chi connectivity index (χ2n) is 5.03. The number of halogens is 1. The van der Waals surface area contributed by atoms with Gasteiger partial charge >= 0.3 is 0 Å². The lowest BCUT2D eigenvalue weighted by atomic mass is 10.3. The first kappa shape index (κ1) is 15.7. The summed E-state index contributed by atoms with van der Waals surface area (Å²) in [4.78, 5) is 13.1. The molecule has 1 aliphatic heterocycles. The first-order valence-electron chi connectivity index (χ1n) is 6.68. The average molecular weight is 315 g/mol. The van der Waals surface area contributed by atoms with Gasteiger partial charge in [0.2, 0.25) is 15.9 Å². The van der Waals surface area contributed by atoms with Gasteiger partial charge < -0.3 is 10.6 Å². The zero-order valence-corrected chi connectivity index (χ0v) is 12.5. The highest BCUT2D eigenvalue weighted by molar-refractivity contribution is 7.89. The molecule has 0 aliphatic carbocycles. The van der Waals surface area contributed by atoms with Gasteiger partial charge in [-0.2, -0.15) is 4.72 Å². The maximum Gasteiger partial charge on any atom is 0.246 e. The van der Waals surface area contributed by atoms with Crippen LogP contribution >= 0.6 is 0 Å². The van der Waals surface area contributed by atoms with Crippen molar-refractivity contribution >= 4 is 21.6 Å². The van der Waals surface area contributed by atoms with Crippen LogP contribution in [0, 0.1) is 5.82 Å². The predicted octanol–water partition coefficient (Wildman–Crippen LogP) is 0.697. The minimum absolute atomic E-state index is 0.191. The van der Waals surface area contributed by atoms with Gasteiger partial charge in [-0.25, -0.2) is 12.8 Å². The monoisotopic (exact) mass is 315 g/mol. The molecule has 1 aromatic rings. The van der Waals surface area contributed by atoms with Crippen molar-refractivity contribution in [3.63, 3.8) is 0 Å². The average Bonchev–Trinajstić information content (AvgIpc) is 2.90. The fourth-order valence-corrected chi connectivity index (χ4v) is 3.75. The summed E-state index contributed by atoms with van der Waals surface area (Å²) in [5.41, 5.74) is 5.34. The highest BCUT2D eigenvalue weighted by atomic mass is 32.2. The Morgan fingerprint density at radius 3 is 2.57 bits per heavy atom. The molecule has 0 aromatic heterocycles. The third-order valence-electron chi connectivity index (χ3n) is 3.39. The number of carbonyl (C=O) groups is 1. The summed E-state index contributed by atoms with van der Waals surface area (Å²) in [6.07, 6.45) is 1.82. The number of likely N-dealkylation sites (tertiary alicyclic amines) is 1. The number of nitrogen functional groups attached to an aromatic ring is 1. The van der Waals surface area contributed by atoms with Gasteiger partial charge in [0.05, 0.1) is 11.7 Å². The van der Waals surface area contributed by atoms with Gasteiger partial charge in [-0.05, 0) is 31.9 Å². The number of carbonyl (C=O) groups excluding carboxylic acids is 1. The van der Waals surface area contributed by atoms with Crippen LogP contribution in [-0.4, -0.2) is 38.4 Å². The molecule has 1 unspecified atom stereocenters. The predicted molar refractivity (Wildman–Crippen MR) is 76.4 cm³/mol. The molecule has 1 fully saturated rings. The Labute approximate surface area is 123 Å². The van der Waals surface area contributed by atoms with E-state index in [0.29, 0.717) is 13.1 Å². The van der Waals surface area contributed by atoms with Crippen molar-refractivity contribution in [3.8, 4) is 0 Å². The molecule has 0 spiro atoms. The molecule has 1 amide bonds. The Bertz CT molecular complexity index is 622. The van der Waals surface area contributed by atoms with Crippen molar-refractivity contribution in [1.29, 1.82) is 0 Å². The minimum atomic E-state index is -4.19. The number of anilines is 1. The molecular weight excluding hydrogens is 297 g/mol. The quantitative estimate of drug-likeness (QED) is 0.800. The zero-order valence-electron chi connectivity index (χ0n) is 11.7. The van der Waals surface area contributed by atoms with E-state index in [2.05, 4.69) is 4.72 Å². The van der Waals surface area contributed by atoms with E-state index in [1.165, 1.54) is 19.1 Å². The molecule has 1 aromatic carbocycles. The summed E-state index contributed by atoms with van der Waals surface area (Å²) in [6.45, 7) is 2.68. The maximum absolute atomic E-state index is 13.7. The van der Waals surface area contributed by atoms with E-state index >= 15 is 0 Å². The number of amides is 1. The molecule has 3 N–H and O–H groups in total. The zero-order chi connectivity index (χ0) is 15.6. The highest BCUT2D eigenvalue weighted by Gasteiger charge is 2.29. The van der Waals surface area contributed by atoms with E-state index in [1.54, 1.807) is 4.90 Å². The van der Waals surface area contributed by atoms with Crippen LogP contribution in [0.15, 0.2) is 23.1 Å². The standard InChI is InChI=1S/C13H18FN3O3S/c1-9(13(18)17-7-2-3-8-17)16-21(19,20)12-10(14)5-4-6-11(12)15/h4-6,9,16H,2-3,7-8,15H2,1H3. The fourth-order valence-electron chi connectivity index (χ4n) is 2.36. The van der Waals surface area contributed by atoms with Gasteiger partial charge in [-0.1, -0.05) is 6.07 Å². The molecular formula is C13H18FN3O3S. The molecule has 1 atom stereocenters. The van der Waals surface area contributed by atoms with Crippen molar-refractivity contribution < 1.29 is 17.6 Å². The van der Waals surface area contributed by atoms with Crippen LogP contribution in [-0.2, 0) is 14.8 Å². The number of hydrogen-bond donors (Lipinski definition) is 2. The summed E-state index contributed by atoms with van der Waals surface area (Å²) in [7, 11) is -4.19. The molecule has 1 aliphatic rings. The van der Waals surface area contributed by atoms with Gasteiger partial charge in [-0.3, -0.25) is 4.79 Å². The number of nitrogens with one attached hydrogen (secondary N) is 1. The summed E-state index contributed by atoms with van der Waals surface area (Å²) in [5.74, 6) is -1.26. The lowest BCUT2D eigenvalue weighted by Gasteiger charge is -2.21. The van der Waals surface area contributed by atoms with E-state index in [1.807, 2.05) is 0 Å². The van der Waals surface area contributed by atoms with Crippen molar-refractivity contribution in [2.75, 3.05) is 18.8 Å². The Hall–Kier alpha value is -1.67. The molecule has 116 valence electrons. The third-order valence-corrected chi connectivity index (χ3v) is 5.02. The molecule has 0 saturated carbocycles. The largest absolute Gasteiger partial charge is 0.398 e.